The van der Waals surface area contributed by atoms with Crippen LogP contribution in [0.4, 0.5) is 5.13 Å². The lowest BCUT2D eigenvalue weighted by atomic mass is 10.0. The molecule has 0 aromatic carbocycles. The fraction of sp³-hybridized carbons (Fsp3) is 0.533. The SMILES string of the molecule is Cc1cc(C(=O)N(C)C2CCN(c3nccs3)CC2)nn1C. The van der Waals surface area contributed by atoms with Gasteiger partial charge in [0, 0.05) is 50.5 Å². The molecule has 0 unspecified atom stereocenters. The van der Waals surface area contributed by atoms with Crippen molar-refractivity contribution in [1.82, 2.24) is 19.7 Å². The molecule has 7 heteroatoms. The predicted octanol–water partition coefficient (Wildman–Crippen LogP) is 1.93. The molecule has 1 amide bonds. The Bertz CT molecular complexity index is 623. The standard InChI is InChI=1S/C15H21N5OS/c1-11-10-13(17-19(11)3)14(21)18(2)12-4-7-20(8-5-12)15-16-6-9-22-15/h6,9-10,12H,4-5,7-8H2,1-3H3. The van der Waals surface area contributed by atoms with Gasteiger partial charge in [-0.1, -0.05) is 0 Å². The monoisotopic (exact) mass is 319 g/mol. The van der Waals surface area contributed by atoms with Crippen molar-refractivity contribution < 1.29 is 4.79 Å². The van der Waals surface area contributed by atoms with Crippen LogP contribution in [0.3, 0.4) is 0 Å². The Morgan fingerprint density at radius 1 is 1.41 bits per heavy atom. The van der Waals surface area contributed by atoms with Crippen LogP contribution in [-0.2, 0) is 7.05 Å². The number of nitrogens with zero attached hydrogens (tertiary/aromatic N) is 5. The number of hydrogen-bond acceptors (Lipinski definition) is 5. The largest absolute Gasteiger partial charge is 0.348 e. The maximum Gasteiger partial charge on any atom is 0.274 e. The van der Waals surface area contributed by atoms with E-state index in [0.717, 1.165) is 36.8 Å². The van der Waals surface area contributed by atoms with Gasteiger partial charge in [-0.25, -0.2) is 4.98 Å². The van der Waals surface area contributed by atoms with Crippen molar-refractivity contribution in [2.75, 3.05) is 25.0 Å². The third kappa shape index (κ3) is 2.85. The van der Waals surface area contributed by atoms with E-state index in [1.807, 2.05) is 43.6 Å². The lowest BCUT2D eigenvalue weighted by Gasteiger charge is -2.36. The second kappa shape index (κ2) is 6.08. The van der Waals surface area contributed by atoms with Gasteiger partial charge in [0.2, 0.25) is 0 Å². The number of carbonyl (C=O) groups is 1. The summed E-state index contributed by atoms with van der Waals surface area (Å²) < 4.78 is 1.74. The summed E-state index contributed by atoms with van der Waals surface area (Å²) in [6, 6.07) is 2.12. The number of anilines is 1. The quantitative estimate of drug-likeness (QED) is 0.867. The maximum absolute atomic E-state index is 12.5. The molecule has 1 aliphatic rings. The van der Waals surface area contributed by atoms with Crippen molar-refractivity contribution in [3.63, 3.8) is 0 Å². The Balaban J connectivity index is 1.62. The van der Waals surface area contributed by atoms with Gasteiger partial charge in [0.25, 0.3) is 5.91 Å². The fourth-order valence-electron chi connectivity index (χ4n) is 2.83. The number of amides is 1. The Hall–Kier alpha value is -1.89. The van der Waals surface area contributed by atoms with Gasteiger partial charge in [-0.05, 0) is 25.8 Å². The molecule has 3 rings (SSSR count). The van der Waals surface area contributed by atoms with Gasteiger partial charge in [-0.2, -0.15) is 5.10 Å². The smallest absolute Gasteiger partial charge is 0.274 e. The molecule has 2 aromatic heterocycles. The second-order valence-corrected chi connectivity index (χ2v) is 6.62. The highest BCUT2D eigenvalue weighted by molar-refractivity contribution is 7.13. The van der Waals surface area contributed by atoms with Crippen LogP contribution in [0.15, 0.2) is 17.6 Å². The minimum absolute atomic E-state index is 0.0106. The van der Waals surface area contributed by atoms with Crippen LogP contribution in [0.1, 0.15) is 29.0 Å². The first kappa shape index (κ1) is 15.0. The first-order valence-corrected chi connectivity index (χ1v) is 8.36. The van der Waals surface area contributed by atoms with E-state index < -0.39 is 0 Å². The normalized spacial score (nSPS) is 16.0. The van der Waals surface area contributed by atoms with Crippen molar-refractivity contribution in [2.24, 2.45) is 7.05 Å². The number of thiazole rings is 1. The second-order valence-electron chi connectivity index (χ2n) is 5.74. The molecule has 0 spiro atoms. The molecule has 2 aromatic rings. The third-order valence-electron chi connectivity index (χ3n) is 4.36. The van der Waals surface area contributed by atoms with Crippen molar-refractivity contribution in [2.45, 2.75) is 25.8 Å². The molecule has 118 valence electrons. The number of aryl methyl sites for hydroxylation is 2. The molecule has 1 fully saturated rings. The van der Waals surface area contributed by atoms with E-state index in [2.05, 4.69) is 15.0 Å². The molecule has 1 saturated heterocycles. The van der Waals surface area contributed by atoms with Crippen LogP contribution in [0.25, 0.3) is 0 Å². The van der Waals surface area contributed by atoms with Gasteiger partial charge in [0.1, 0.15) is 0 Å². The summed E-state index contributed by atoms with van der Waals surface area (Å²) in [6.45, 7) is 3.84. The zero-order valence-electron chi connectivity index (χ0n) is 13.2. The average molecular weight is 319 g/mol. The van der Waals surface area contributed by atoms with Crippen molar-refractivity contribution in [1.29, 1.82) is 0 Å². The van der Waals surface area contributed by atoms with Crippen LogP contribution in [0, 0.1) is 6.92 Å². The molecular weight excluding hydrogens is 298 g/mol. The van der Waals surface area contributed by atoms with Gasteiger partial charge in [0.05, 0.1) is 0 Å². The van der Waals surface area contributed by atoms with Crippen molar-refractivity contribution >= 4 is 22.4 Å². The van der Waals surface area contributed by atoms with E-state index in [0.29, 0.717) is 5.69 Å². The lowest BCUT2D eigenvalue weighted by molar-refractivity contribution is 0.0702. The van der Waals surface area contributed by atoms with E-state index in [9.17, 15) is 4.79 Å². The van der Waals surface area contributed by atoms with Crippen LogP contribution < -0.4 is 4.90 Å². The van der Waals surface area contributed by atoms with Crippen molar-refractivity contribution in [3.8, 4) is 0 Å². The van der Waals surface area contributed by atoms with E-state index in [-0.39, 0.29) is 11.9 Å². The molecule has 0 radical (unpaired) electrons. The number of carbonyl (C=O) groups excluding carboxylic acids is 1. The minimum Gasteiger partial charge on any atom is -0.348 e. The van der Waals surface area contributed by atoms with Gasteiger partial charge in [-0.15, -0.1) is 11.3 Å². The van der Waals surface area contributed by atoms with Gasteiger partial charge < -0.3 is 9.80 Å². The van der Waals surface area contributed by atoms with E-state index in [4.69, 9.17) is 0 Å². The molecule has 6 nitrogen and oxygen atoms in total. The van der Waals surface area contributed by atoms with Gasteiger partial charge >= 0.3 is 0 Å². The molecule has 0 N–H and O–H groups in total. The van der Waals surface area contributed by atoms with Gasteiger partial charge in [-0.3, -0.25) is 9.48 Å². The molecule has 22 heavy (non-hydrogen) atoms. The first-order chi connectivity index (χ1) is 10.6. The summed E-state index contributed by atoms with van der Waals surface area (Å²) in [6.07, 6.45) is 3.77. The highest BCUT2D eigenvalue weighted by atomic mass is 32.1. The topological polar surface area (TPSA) is 54.3 Å². The van der Waals surface area contributed by atoms with E-state index >= 15 is 0 Å². The van der Waals surface area contributed by atoms with Crippen LogP contribution >= 0.6 is 11.3 Å². The molecule has 0 bridgehead atoms. The summed E-state index contributed by atoms with van der Waals surface area (Å²) in [4.78, 5) is 21.0. The Labute approximate surface area is 134 Å². The zero-order valence-corrected chi connectivity index (χ0v) is 14.0. The molecule has 3 heterocycles. The molecule has 0 aliphatic carbocycles. The molecule has 1 aliphatic heterocycles. The lowest BCUT2D eigenvalue weighted by Crippen LogP contribution is -2.45. The summed E-state index contributed by atoms with van der Waals surface area (Å²) >= 11 is 1.67. The van der Waals surface area contributed by atoms with E-state index in [1.165, 1.54) is 0 Å². The van der Waals surface area contributed by atoms with Crippen molar-refractivity contribution in [3.05, 3.63) is 29.0 Å². The van der Waals surface area contributed by atoms with Crippen LogP contribution in [-0.4, -0.2) is 51.8 Å². The average Bonchev–Trinajstić information content (AvgIpc) is 3.17. The summed E-state index contributed by atoms with van der Waals surface area (Å²) in [5.41, 5.74) is 1.53. The number of piperidine rings is 1. The van der Waals surface area contributed by atoms with E-state index in [1.54, 1.807) is 16.0 Å². The van der Waals surface area contributed by atoms with Crippen LogP contribution in [0.5, 0.6) is 0 Å². The highest BCUT2D eigenvalue weighted by Crippen LogP contribution is 2.24. The summed E-state index contributed by atoms with van der Waals surface area (Å²) in [5, 5.41) is 7.37. The Kier molecular flexibility index (Phi) is 4.15. The summed E-state index contributed by atoms with van der Waals surface area (Å²) in [5.74, 6) is 0.0106. The summed E-state index contributed by atoms with van der Waals surface area (Å²) in [7, 11) is 3.74. The number of hydrogen-bond donors (Lipinski definition) is 0. The third-order valence-corrected chi connectivity index (χ3v) is 5.19. The zero-order chi connectivity index (χ0) is 15.7. The van der Waals surface area contributed by atoms with Crippen LogP contribution in [0.2, 0.25) is 0 Å². The molecular formula is C15H21N5OS. The molecule has 0 saturated carbocycles. The number of aromatic nitrogens is 3. The number of rotatable bonds is 3. The predicted molar refractivity (Wildman–Crippen MR) is 87.4 cm³/mol. The highest BCUT2D eigenvalue weighted by Gasteiger charge is 2.27. The first-order valence-electron chi connectivity index (χ1n) is 7.48. The fourth-order valence-corrected chi connectivity index (χ4v) is 3.52. The van der Waals surface area contributed by atoms with Gasteiger partial charge in [0.15, 0.2) is 10.8 Å². The molecule has 0 atom stereocenters. The minimum atomic E-state index is 0.0106. The Morgan fingerprint density at radius 3 is 2.68 bits per heavy atom. The Morgan fingerprint density at radius 2 is 2.14 bits per heavy atom. The maximum atomic E-state index is 12.5.